The van der Waals surface area contributed by atoms with Crippen LogP contribution in [0.5, 0.6) is 11.5 Å². The number of carboxylic acids is 1. The number of alkyl halides is 3. The number of methoxy groups -OCH3 is 1. The molecule has 0 saturated carbocycles. The fraction of sp³-hybridized carbons (Fsp3) is 0.364. The quantitative estimate of drug-likeness (QED) is 0.473. The van der Waals surface area contributed by atoms with Crippen molar-refractivity contribution in [3.63, 3.8) is 0 Å². The molecule has 0 spiro atoms. The van der Waals surface area contributed by atoms with Gasteiger partial charge < -0.3 is 25.1 Å². The van der Waals surface area contributed by atoms with Crippen LogP contribution in [0.15, 0.2) is 12.1 Å². The lowest BCUT2D eigenvalue weighted by Crippen LogP contribution is -2.19. The molecule has 0 radical (unpaired) electrons. The molecule has 0 aliphatic carbocycles. The minimum Gasteiger partial charge on any atom is -0.493 e. The lowest BCUT2D eigenvalue weighted by atomic mass is 10.1. The van der Waals surface area contributed by atoms with E-state index in [1.54, 1.807) is 0 Å². The van der Waals surface area contributed by atoms with Crippen LogP contribution in [0, 0.1) is 0 Å². The van der Waals surface area contributed by atoms with Gasteiger partial charge in [-0.3, -0.25) is 0 Å². The minimum absolute atomic E-state index is 0.0575. The number of halogens is 3. The number of anilines is 1. The van der Waals surface area contributed by atoms with Crippen LogP contribution >= 0.6 is 0 Å². The Morgan fingerprint density at radius 3 is 2.50 bits per heavy atom. The highest BCUT2D eigenvalue weighted by Gasteiger charge is 2.27. The highest BCUT2D eigenvalue weighted by molar-refractivity contribution is 5.94. The van der Waals surface area contributed by atoms with Gasteiger partial charge in [-0.2, -0.15) is 13.2 Å². The number of rotatable bonds is 6. The van der Waals surface area contributed by atoms with Crippen molar-refractivity contribution in [3.8, 4) is 11.5 Å². The molecule has 0 aromatic heterocycles. The lowest BCUT2D eigenvalue weighted by Gasteiger charge is -2.13. The monoisotopic (exact) mass is 295 g/mol. The second-order valence-corrected chi connectivity index (χ2v) is 3.62. The summed E-state index contributed by atoms with van der Waals surface area (Å²) in [5.74, 6) is -1.30. The summed E-state index contributed by atoms with van der Waals surface area (Å²) in [5, 5.41) is 8.88. The third-order valence-electron chi connectivity index (χ3n) is 2.13. The first-order valence-electron chi connectivity index (χ1n) is 5.22. The van der Waals surface area contributed by atoms with E-state index in [0.717, 1.165) is 6.07 Å². The predicted molar refractivity (Wildman–Crippen MR) is 61.9 cm³/mol. The molecule has 0 amide bonds. The molecule has 1 aromatic rings. The van der Waals surface area contributed by atoms with Gasteiger partial charge in [0.05, 0.1) is 18.4 Å². The van der Waals surface area contributed by atoms with Crippen LogP contribution in [0.2, 0.25) is 0 Å². The number of ether oxygens (including phenoxy) is 3. The molecule has 112 valence electrons. The second-order valence-electron chi connectivity index (χ2n) is 3.62. The Balaban J connectivity index is 2.78. The summed E-state index contributed by atoms with van der Waals surface area (Å²) in [6, 6.07) is 2.25. The highest BCUT2D eigenvalue weighted by atomic mass is 19.4. The molecule has 0 aliphatic heterocycles. The van der Waals surface area contributed by atoms with Crippen LogP contribution in [0.4, 0.5) is 18.9 Å². The van der Waals surface area contributed by atoms with E-state index in [-0.39, 0.29) is 22.7 Å². The number of carbonyl (C=O) groups is 1. The Hall–Kier alpha value is -2.16. The van der Waals surface area contributed by atoms with Crippen molar-refractivity contribution in [1.29, 1.82) is 0 Å². The average molecular weight is 295 g/mol. The van der Waals surface area contributed by atoms with Crippen molar-refractivity contribution in [1.82, 2.24) is 0 Å². The van der Waals surface area contributed by atoms with E-state index in [0.29, 0.717) is 0 Å². The maximum Gasteiger partial charge on any atom is 0.411 e. The summed E-state index contributed by atoms with van der Waals surface area (Å²) in [4.78, 5) is 10.9. The molecule has 0 bridgehead atoms. The van der Waals surface area contributed by atoms with Gasteiger partial charge in [-0.1, -0.05) is 0 Å². The SMILES string of the molecule is COc1cc(N)c(C(=O)O)cc1OCOCC(F)(F)F. The van der Waals surface area contributed by atoms with E-state index in [9.17, 15) is 18.0 Å². The number of nitrogens with two attached hydrogens (primary N) is 1. The van der Waals surface area contributed by atoms with Crippen molar-refractivity contribution in [2.24, 2.45) is 0 Å². The van der Waals surface area contributed by atoms with Gasteiger partial charge in [-0.15, -0.1) is 0 Å². The summed E-state index contributed by atoms with van der Waals surface area (Å²) in [6.07, 6.45) is -4.47. The van der Waals surface area contributed by atoms with Crippen LogP contribution in [0.3, 0.4) is 0 Å². The molecule has 9 heteroatoms. The molecular formula is C11H12F3NO5. The Labute approximate surface area is 111 Å². The van der Waals surface area contributed by atoms with Gasteiger partial charge in [-0.05, 0) is 0 Å². The Kier molecular flexibility index (Phi) is 5.03. The summed E-state index contributed by atoms with van der Waals surface area (Å²) in [6.45, 7) is -2.19. The van der Waals surface area contributed by atoms with Crippen LogP contribution in [-0.2, 0) is 4.74 Å². The van der Waals surface area contributed by atoms with Crippen molar-refractivity contribution >= 4 is 11.7 Å². The molecular weight excluding hydrogens is 283 g/mol. The summed E-state index contributed by atoms with van der Waals surface area (Å²) < 4.78 is 49.6. The number of nitrogen functional groups attached to an aromatic ring is 1. The minimum atomic E-state index is -4.47. The molecule has 0 heterocycles. The molecule has 1 aromatic carbocycles. The van der Waals surface area contributed by atoms with E-state index >= 15 is 0 Å². The van der Waals surface area contributed by atoms with E-state index in [4.69, 9.17) is 20.3 Å². The lowest BCUT2D eigenvalue weighted by molar-refractivity contribution is -0.186. The number of aromatic carboxylic acids is 1. The van der Waals surface area contributed by atoms with E-state index in [1.165, 1.54) is 13.2 Å². The zero-order chi connectivity index (χ0) is 15.3. The van der Waals surface area contributed by atoms with Gasteiger partial charge in [0, 0.05) is 12.1 Å². The Morgan fingerprint density at radius 2 is 2.00 bits per heavy atom. The van der Waals surface area contributed by atoms with E-state index < -0.39 is 25.5 Å². The zero-order valence-corrected chi connectivity index (χ0v) is 10.4. The number of hydrogen-bond donors (Lipinski definition) is 2. The molecule has 0 fully saturated rings. The van der Waals surface area contributed by atoms with Crippen molar-refractivity contribution in [3.05, 3.63) is 17.7 Å². The normalized spacial score (nSPS) is 11.2. The van der Waals surface area contributed by atoms with Crippen molar-refractivity contribution in [2.75, 3.05) is 26.2 Å². The van der Waals surface area contributed by atoms with Crippen LogP contribution in [0.25, 0.3) is 0 Å². The molecule has 0 aliphatic rings. The maximum atomic E-state index is 11.9. The third-order valence-corrected chi connectivity index (χ3v) is 2.13. The van der Waals surface area contributed by atoms with Gasteiger partial charge in [-0.25, -0.2) is 4.79 Å². The molecule has 0 saturated heterocycles. The molecule has 0 atom stereocenters. The summed E-state index contributed by atoms with van der Waals surface area (Å²) >= 11 is 0. The molecule has 3 N–H and O–H groups in total. The van der Waals surface area contributed by atoms with Crippen LogP contribution < -0.4 is 15.2 Å². The molecule has 20 heavy (non-hydrogen) atoms. The second kappa shape index (κ2) is 6.33. The topological polar surface area (TPSA) is 91.0 Å². The number of carboxylic acid groups (broad SMARTS) is 1. The zero-order valence-electron chi connectivity index (χ0n) is 10.4. The molecule has 6 nitrogen and oxygen atoms in total. The first-order chi connectivity index (χ1) is 9.24. The van der Waals surface area contributed by atoms with Gasteiger partial charge >= 0.3 is 12.1 Å². The highest BCUT2D eigenvalue weighted by Crippen LogP contribution is 2.32. The fourth-order valence-corrected chi connectivity index (χ4v) is 1.30. The standard InChI is InChI=1S/C11H12F3NO5/c1-18-8-3-7(15)6(10(16)17)2-9(8)20-5-19-4-11(12,13)14/h2-3H,4-5,15H2,1H3,(H,16,17). The van der Waals surface area contributed by atoms with Crippen molar-refractivity contribution < 1.29 is 37.3 Å². The van der Waals surface area contributed by atoms with E-state index in [2.05, 4.69) is 4.74 Å². The summed E-state index contributed by atoms with van der Waals surface area (Å²) in [5.41, 5.74) is 5.17. The van der Waals surface area contributed by atoms with Crippen LogP contribution in [-0.4, -0.2) is 37.8 Å². The first kappa shape index (κ1) is 15.9. The smallest absolute Gasteiger partial charge is 0.411 e. The molecule has 1 rings (SSSR count). The largest absolute Gasteiger partial charge is 0.493 e. The van der Waals surface area contributed by atoms with Gasteiger partial charge in [0.1, 0.15) is 6.61 Å². The maximum absolute atomic E-state index is 11.9. The van der Waals surface area contributed by atoms with Crippen molar-refractivity contribution in [2.45, 2.75) is 6.18 Å². The van der Waals surface area contributed by atoms with E-state index in [1.807, 2.05) is 0 Å². The predicted octanol–water partition coefficient (Wildman–Crippen LogP) is 1.89. The number of benzene rings is 1. The first-order valence-corrected chi connectivity index (χ1v) is 5.22. The third kappa shape index (κ3) is 4.50. The van der Waals surface area contributed by atoms with Crippen LogP contribution in [0.1, 0.15) is 10.4 Å². The van der Waals surface area contributed by atoms with Gasteiger partial charge in [0.2, 0.25) is 0 Å². The molecule has 0 unspecified atom stereocenters. The average Bonchev–Trinajstić information content (AvgIpc) is 2.33. The van der Waals surface area contributed by atoms with Gasteiger partial charge in [0.25, 0.3) is 0 Å². The van der Waals surface area contributed by atoms with Gasteiger partial charge in [0.15, 0.2) is 18.3 Å². The Bertz CT molecular complexity index is 490. The fourth-order valence-electron chi connectivity index (χ4n) is 1.30. The number of hydrogen-bond acceptors (Lipinski definition) is 5. The summed E-state index contributed by atoms with van der Waals surface area (Å²) in [7, 11) is 1.28. The Morgan fingerprint density at radius 1 is 1.35 bits per heavy atom.